The summed E-state index contributed by atoms with van der Waals surface area (Å²) in [6.45, 7) is 6.16. The van der Waals surface area contributed by atoms with E-state index in [1.165, 1.54) is 7.11 Å². The second-order valence-electron chi connectivity index (χ2n) is 8.81. The average molecular weight is 443 g/mol. The van der Waals surface area contributed by atoms with Gasteiger partial charge < -0.3 is 14.0 Å². The van der Waals surface area contributed by atoms with Gasteiger partial charge in [0, 0.05) is 6.54 Å². The van der Waals surface area contributed by atoms with E-state index in [0.29, 0.717) is 17.7 Å². The van der Waals surface area contributed by atoms with Crippen molar-refractivity contribution in [3.05, 3.63) is 89.7 Å². The van der Waals surface area contributed by atoms with Crippen molar-refractivity contribution in [1.29, 1.82) is 0 Å². The number of methoxy groups -OCH3 is 1. The molecule has 6 heteroatoms. The van der Waals surface area contributed by atoms with E-state index < -0.39 is 5.60 Å². The summed E-state index contributed by atoms with van der Waals surface area (Å²) in [5, 5.41) is 0. The Morgan fingerprint density at radius 3 is 2.36 bits per heavy atom. The van der Waals surface area contributed by atoms with E-state index in [9.17, 15) is 9.59 Å². The molecule has 0 aliphatic rings. The molecule has 33 heavy (non-hydrogen) atoms. The normalized spacial score (nSPS) is 11.4. The van der Waals surface area contributed by atoms with E-state index in [1.54, 1.807) is 24.5 Å². The van der Waals surface area contributed by atoms with Gasteiger partial charge in [-0.2, -0.15) is 0 Å². The molecule has 6 nitrogen and oxygen atoms in total. The second-order valence-corrected chi connectivity index (χ2v) is 8.81. The number of hydrogen-bond acceptors (Lipinski definition) is 5. The highest BCUT2D eigenvalue weighted by Crippen LogP contribution is 2.26. The number of esters is 2. The number of carbonyl (C=O) groups is 2. The maximum atomic E-state index is 12.7. The molecule has 1 heterocycles. The molecule has 0 bridgehead atoms. The zero-order valence-electron chi connectivity index (χ0n) is 19.2. The van der Waals surface area contributed by atoms with Crippen LogP contribution >= 0.6 is 0 Å². The van der Waals surface area contributed by atoms with Crippen LogP contribution in [0, 0.1) is 0 Å². The molecule has 0 unspecified atom stereocenters. The Hall–Kier alpha value is -3.93. The Bertz CT molecular complexity index is 1310. The fourth-order valence-corrected chi connectivity index (χ4v) is 3.66. The number of fused-ring (bicyclic) bond motifs is 1. The van der Waals surface area contributed by atoms with E-state index in [-0.39, 0.29) is 11.9 Å². The molecule has 168 valence electrons. The molecule has 0 atom stereocenters. The molecule has 3 aromatic carbocycles. The van der Waals surface area contributed by atoms with Crippen LogP contribution in [0.15, 0.2) is 73.1 Å². The largest absolute Gasteiger partial charge is 0.465 e. The summed E-state index contributed by atoms with van der Waals surface area (Å²) < 4.78 is 12.4. The lowest BCUT2D eigenvalue weighted by Gasteiger charge is -2.20. The Morgan fingerprint density at radius 2 is 1.67 bits per heavy atom. The number of imidazole rings is 1. The standard InChI is InChI=1S/C27H26N2O4/c1-27(2,3)33-26(31)22-8-6-5-7-21(22)19-11-9-18(10-12-19)16-29-17-28-23-14-13-20(15-24(23)29)25(30)32-4/h5-15,17H,16H2,1-4H3. The monoisotopic (exact) mass is 442 g/mol. The highest BCUT2D eigenvalue weighted by Gasteiger charge is 2.20. The van der Waals surface area contributed by atoms with Gasteiger partial charge in [0.2, 0.25) is 0 Å². The van der Waals surface area contributed by atoms with Gasteiger partial charge >= 0.3 is 11.9 Å². The summed E-state index contributed by atoms with van der Waals surface area (Å²) in [7, 11) is 1.37. The molecule has 0 spiro atoms. The van der Waals surface area contributed by atoms with Crippen molar-refractivity contribution < 1.29 is 19.1 Å². The van der Waals surface area contributed by atoms with Crippen molar-refractivity contribution in [2.24, 2.45) is 0 Å². The van der Waals surface area contributed by atoms with Crippen LogP contribution in [0.2, 0.25) is 0 Å². The van der Waals surface area contributed by atoms with E-state index >= 15 is 0 Å². The predicted octanol–water partition coefficient (Wildman–Crippen LogP) is 5.49. The minimum absolute atomic E-state index is 0.339. The van der Waals surface area contributed by atoms with E-state index in [0.717, 1.165) is 27.7 Å². The van der Waals surface area contributed by atoms with E-state index in [4.69, 9.17) is 9.47 Å². The zero-order chi connectivity index (χ0) is 23.6. The molecule has 1 aromatic heterocycles. The third kappa shape index (κ3) is 4.95. The van der Waals surface area contributed by atoms with Crippen molar-refractivity contribution >= 4 is 23.0 Å². The summed E-state index contributed by atoms with van der Waals surface area (Å²) in [4.78, 5) is 29.0. The van der Waals surface area contributed by atoms with Crippen molar-refractivity contribution in [3.8, 4) is 11.1 Å². The molecule has 4 rings (SSSR count). The Morgan fingerprint density at radius 1 is 0.939 bits per heavy atom. The van der Waals surface area contributed by atoms with Crippen molar-refractivity contribution in [2.45, 2.75) is 32.9 Å². The molecule has 0 saturated heterocycles. The lowest BCUT2D eigenvalue weighted by molar-refractivity contribution is 0.00702. The Kier molecular flexibility index (Phi) is 6.01. The summed E-state index contributed by atoms with van der Waals surface area (Å²) in [6, 6.07) is 20.8. The summed E-state index contributed by atoms with van der Waals surface area (Å²) in [6.07, 6.45) is 1.76. The average Bonchev–Trinajstić information content (AvgIpc) is 3.20. The lowest BCUT2D eigenvalue weighted by atomic mass is 9.98. The van der Waals surface area contributed by atoms with Gasteiger partial charge in [0.1, 0.15) is 5.60 Å². The Balaban J connectivity index is 1.59. The van der Waals surface area contributed by atoms with Gasteiger partial charge in [-0.15, -0.1) is 0 Å². The lowest BCUT2D eigenvalue weighted by Crippen LogP contribution is -2.24. The first-order chi connectivity index (χ1) is 15.7. The SMILES string of the molecule is COC(=O)c1ccc2ncn(Cc3ccc(-c4ccccc4C(=O)OC(C)(C)C)cc3)c2c1. The first-order valence-corrected chi connectivity index (χ1v) is 10.7. The van der Waals surface area contributed by atoms with E-state index in [1.807, 2.05) is 73.9 Å². The summed E-state index contributed by atoms with van der Waals surface area (Å²) >= 11 is 0. The van der Waals surface area contributed by atoms with Crippen molar-refractivity contribution in [2.75, 3.05) is 7.11 Å². The van der Waals surface area contributed by atoms with E-state index in [2.05, 4.69) is 4.98 Å². The summed E-state index contributed by atoms with van der Waals surface area (Å²) in [5.41, 5.74) is 4.96. The first-order valence-electron chi connectivity index (χ1n) is 10.7. The first kappa shape index (κ1) is 22.3. The second kappa shape index (κ2) is 8.90. The van der Waals surface area contributed by atoms with Crippen LogP contribution in [0.4, 0.5) is 0 Å². The van der Waals surface area contributed by atoms with Crippen LogP contribution in [0.25, 0.3) is 22.2 Å². The molecule has 0 radical (unpaired) electrons. The zero-order valence-corrected chi connectivity index (χ0v) is 19.2. The van der Waals surface area contributed by atoms with Gasteiger partial charge in [-0.25, -0.2) is 14.6 Å². The topological polar surface area (TPSA) is 70.4 Å². The number of ether oxygens (including phenoxy) is 2. The van der Waals surface area contributed by atoms with Crippen LogP contribution in [-0.2, 0) is 16.0 Å². The van der Waals surface area contributed by atoms with Gasteiger partial charge in [-0.3, -0.25) is 0 Å². The number of nitrogens with zero attached hydrogens (tertiary/aromatic N) is 2. The van der Waals surface area contributed by atoms with Crippen molar-refractivity contribution in [1.82, 2.24) is 9.55 Å². The number of carbonyl (C=O) groups excluding carboxylic acids is 2. The minimum Gasteiger partial charge on any atom is -0.465 e. The smallest absolute Gasteiger partial charge is 0.339 e. The van der Waals surface area contributed by atoms with Gasteiger partial charge in [0.15, 0.2) is 0 Å². The van der Waals surface area contributed by atoms with Gasteiger partial charge in [0.25, 0.3) is 0 Å². The van der Waals surface area contributed by atoms with Crippen LogP contribution in [-0.4, -0.2) is 34.2 Å². The molecule has 0 aliphatic carbocycles. The van der Waals surface area contributed by atoms with Crippen LogP contribution in [0.1, 0.15) is 47.1 Å². The van der Waals surface area contributed by atoms with Crippen molar-refractivity contribution in [3.63, 3.8) is 0 Å². The molecule has 0 aliphatic heterocycles. The third-order valence-corrected chi connectivity index (χ3v) is 5.21. The fraction of sp³-hybridized carbons (Fsp3) is 0.222. The van der Waals surface area contributed by atoms with Gasteiger partial charge in [-0.1, -0.05) is 42.5 Å². The maximum absolute atomic E-state index is 12.7. The van der Waals surface area contributed by atoms with Gasteiger partial charge in [-0.05, 0) is 61.7 Å². The quantitative estimate of drug-likeness (QED) is 0.382. The number of benzene rings is 3. The number of aromatic nitrogens is 2. The highest BCUT2D eigenvalue weighted by atomic mass is 16.6. The number of rotatable bonds is 5. The summed E-state index contributed by atoms with van der Waals surface area (Å²) in [5.74, 6) is -0.717. The molecular formula is C27H26N2O4. The van der Waals surface area contributed by atoms with Crippen LogP contribution in [0.3, 0.4) is 0 Å². The molecule has 4 aromatic rings. The highest BCUT2D eigenvalue weighted by molar-refractivity contribution is 5.97. The van der Waals surface area contributed by atoms with Gasteiger partial charge in [0.05, 0.1) is 35.6 Å². The fourth-order valence-electron chi connectivity index (χ4n) is 3.66. The molecule has 0 saturated carbocycles. The maximum Gasteiger partial charge on any atom is 0.339 e. The third-order valence-electron chi connectivity index (χ3n) is 5.21. The molecule has 0 fully saturated rings. The van der Waals surface area contributed by atoms with Crippen LogP contribution < -0.4 is 0 Å². The predicted molar refractivity (Wildman–Crippen MR) is 127 cm³/mol. The minimum atomic E-state index is -0.560. The Labute approximate surface area is 192 Å². The number of hydrogen-bond donors (Lipinski definition) is 0. The van der Waals surface area contributed by atoms with Crippen LogP contribution in [0.5, 0.6) is 0 Å². The molecule has 0 N–H and O–H groups in total. The molecular weight excluding hydrogens is 416 g/mol. The molecule has 0 amide bonds.